The fourth-order valence-electron chi connectivity index (χ4n) is 6.40. The first-order valence-electron chi connectivity index (χ1n) is 14.5. The molecule has 2 aromatic rings. The van der Waals surface area contributed by atoms with Crippen LogP contribution in [0.15, 0.2) is 48.5 Å². The van der Waals surface area contributed by atoms with Crippen LogP contribution >= 0.6 is 23.2 Å². The molecule has 0 saturated heterocycles. The third kappa shape index (κ3) is 7.98. The van der Waals surface area contributed by atoms with Gasteiger partial charge in [0.15, 0.2) is 0 Å². The number of halogens is 2. The number of hydrogen-bond acceptors (Lipinski definition) is 2. The highest BCUT2D eigenvalue weighted by Crippen LogP contribution is 2.51. The third-order valence-corrected chi connectivity index (χ3v) is 9.57. The summed E-state index contributed by atoms with van der Waals surface area (Å²) < 4.78 is 0. The summed E-state index contributed by atoms with van der Waals surface area (Å²) in [5.74, 6) is 0. The molecule has 2 saturated carbocycles. The van der Waals surface area contributed by atoms with Gasteiger partial charge in [-0.15, -0.1) is 23.2 Å². The summed E-state index contributed by atoms with van der Waals surface area (Å²) in [6, 6.07) is 20.1. The number of nitriles is 1. The van der Waals surface area contributed by atoms with E-state index in [9.17, 15) is 0 Å². The lowest BCUT2D eigenvalue weighted by Gasteiger charge is -2.33. The second-order valence-electron chi connectivity index (χ2n) is 11.1. The molecular formula is C33H46Cl2N2. The second-order valence-corrected chi connectivity index (χ2v) is 12.5. The van der Waals surface area contributed by atoms with Crippen LogP contribution in [0.5, 0.6) is 0 Å². The van der Waals surface area contributed by atoms with Crippen LogP contribution in [0.2, 0.25) is 0 Å². The zero-order valence-corrected chi connectivity index (χ0v) is 24.8. The van der Waals surface area contributed by atoms with Crippen LogP contribution in [0.1, 0.15) is 107 Å². The molecular weight excluding hydrogens is 495 g/mol. The van der Waals surface area contributed by atoms with E-state index in [1.807, 2.05) is 0 Å². The van der Waals surface area contributed by atoms with E-state index in [0.29, 0.717) is 6.04 Å². The zero-order chi connectivity index (χ0) is 26.7. The Balaban J connectivity index is 0.00000121. The first-order chi connectivity index (χ1) is 17.9. The predicted octanol–water partition coefficient (Wildman–Crippen LogP) is 9.51. The normalized spacial score (nSPS) is 18.7. The summed E-state index contributed by atoms with van der Waals surface area (Å²) in [6.07, 6.45) is 13.8. The fourth-order valence-corrected chi connectivity index (χ4v) is 7.29. The molecule has 0 aromatic heterocycles. The van der Waals surface area contributed by atoms with Gasteiger partial charge in [-0.3, -0.25) is 0 Å². The van der Waals surface area contributed by atoms with E-state index >= 15 is 0 Å². The van der Waals surface area contributed by atoms with Gasteiger partial charge in [-0.05, 0) is 87.1 Å². The monoisotopic (exact) mass is 540 g/mol. The average Bonchev–Trinajstić information content (AvgIpc) is 3.55. The van der Waals surface area contributed by atoms with E-state index < -0.39 is 0 Å². The number of nitrogens with zero attached hydrogens (tertiary/aromatic N) is 2. The van der Waals surface area contributed by atoms with Crippen molar-refractivity contribution in [2.24, 2.45) is 0 Å². The van der Waals surface area contributed by atoms with Crippen LogP contribution in [0.4, 0.5) is 0 Å². The minimum absolute atomic E-state index is 0.198. The van der Waals surface area contributed by atoms with Crippen molar-refractivity contribution in [3.63, 3.8) is 0 Å². The van der Waals surface area contributed by atoms with Gasteiger partial charge in [0, 0.05) is 19.5 Å². The van der Waals surface area contributed by atoms with Crippen molar-refractivity contribution in [2.45, 2.75) is 114 Å². The summed E-state index contributed by atoms with van der Waals surface area (Å²) in [7, 11) is 0. The Labute approximate surface area is 236 Å². The molecule has 2 aliphatic carbocycles. The topological polar surface area (TPSA) is 27.0 Å². The molecule has 0 bridgehead atoms. The molecule has 4 heteroatoms. The van der Waals surface area contributed by atoms with Crippen molar-refractivity contribution in [1.29, 1.82) is 5.26 Å². The van der Waals surface area contributed by atoms with E-state index in [-0.39, 0.29) is 9.75 Å². The van der Waals surface area contributed by atoms with Gasteiger partial charge < -0.3 is 4.90 Å². The maximum atomic E-state index is 7.32. The molecule has 1 unspecified atom stereocenters. The SMILES string of the molecule is CC#N.CCCN(CCc1ccccc1)C(C)CCc1c(C2(Cl)CCCC2)cccc1C1(Cl)CCCC1. The Bertz CT molecular complexity index is 945. The lowest BCUT2D eigenvalue weighted by molar-refractivity contribution is 0.202. The lowest BCUT2D eigenvalue weighted by Crippen LogP contribution is -2.36. The van der Waals surface area contributed by atoms with Crippen LogP contribution in [0.3, 0.4) is 0 Å². The number of alkyl halides is 2. The molecule has 0 radical (unpaired) electrons. The van der Waals surface area contributed by atoms with Crippen LogP contribution in [0.25, 0.3) is 0 Å². The Hall–Kier alpha value is -1.53. The average molecular weight is 542 g/mol. The van der Waals surface area contributed by atoms with Crippen molar-refractivity contribution in [3.05, 3.63) is 70.8 Å². The number of rotatable bonds is 11. The smallest absolute Gasteiger partial charge is 0.0697 e. The maximum Gasteiger partial charge on any atom is 0.0697 e. The van der Waals surface area contributed by atoms with Gasteiger partial charge in [-0.1, -0.05) is 81.1 Å². The molecule has 4 rings (SSSR count). The highest BCUT2D eigenvalue weighted by atomic mass is 35.5. The van der Waals surface area contributed by atoms with Crippen molar-refractivity contribution >= 4 is 23.2 Å². The van der Waals surface area contributed by atoms with Crippen LogP contribution < -0.4 is 0 Å². The second kappa shape index (κ2) is 14.6. The van der Waals surface area contributed by atoms with E-state index in [1.165, 1.54) is 61.3 Å². The molecule has 0 N–H and O–H groups in total. The van der Waals surface area contributed by atoms with Crippen LogP contribution in [-0.4, -0.2) is 24.0 Å². The van der Waals surface area contributed by atoms with Gasteiger partial charge in [0.25, 0.3) is 0 Å². The van der Waals surface area contributed by atoms with Gasteiger partial charge in [-0.25, -0.2) is 0 Å². The summed E-state index contributed by atoms with van der Waals surface area (Å²) in [5, 5.41) is 7.32. The first-order valence-corrected chi connectivity index (χ1v) is 15.2. The molecule has 2 aromatic carbocycles. The third-order valence-electron chi connectivity index (χ3n) is 8.41. The lowest BCUT2D eigenvalue weighted by atomic mass is 9.82. The van der Waals surface area contributed by atoms with Crippen molar-refractivity contribution in [1.82, 2.24) is 4.90 Å². The molecule has 0 amide bonds. The van der Waals surface area contributed by atoms with E-state index in [4.69, 9.17) is 28.5 Å². The van der Waals surface area contributed by atoms with E-state index in [1.54, 1.807) is 6.07 Å². The minimum atomic E-state index is -0.198. The van der Waals surface area contributed by atoms with E-state index in [2.05, 4.69) is 67.3 Å². The van der Waals surface area contributed by atoms with Crippen LogP contribution in [-0.2, 0) is 22.6 Å². The van der Waals surface area contributed by atoms with Crippen molar-refractivity contribution in [2.75, 3.05) is 13.1 Å². The molecule has 2 fully saturated rings. The molecule has 0 heterocycles. The minimum Gasteiger partial charge on any atom is -0.300 e. The summed E-state index contributed by atoms with van der Waals surface area (Å²) in [5.41, 5.74) is 5.67. The van der Waals surface area contributed by atoms with Crippen molar-refractivity contribution < 1.29 is 0 Å². The Kier molecular flexibility index (Phi) is 11.8. The molecule has 37 heavy (non-hydrogen) atoms. The molecule has 1 atom stereocenters. The summed E-state index contributed by atoms with van der Waals surface area (Å²) in [6.45, 7) is 8.42. The molecule has 2 nitrogen and oxygen atoms in total. The summed E-state index contributed by atoms with van der Waals surface area (Å²) >= 11 is 14.6. The molecule has 0 aliphatic heterocycles. The van der Waals surface area contributed by atoms with Crippen LogP contribution in [0, 0.1) is 11.3 Å². The highest BCUT2D eigenvalue weighted by Gasteiger charge is 2.40. The Morgan fingerprint density at radius 2 is 1.35 bits per heavy atom. The van der Waals surface area contributed by atoms with Gasteiger partial charge in [0.2, 0.25) is 0 Å². The quantitative estimate of drug-likeness (QED) is 0.265. The van der Waals surface area contributed by atoms with Gasteiger partial charge in [0.1, 0.15) is 0 Å². The Morgan fingerprint density at radius 3 is 1.84 bits per heavy atom. The van der Waals surface area contributed by atoms with Gasteiger partial charge in [-0.2, -0.15) is 5.26 Å². The van der Waals surface area contributed by atoms with Gasteiger partial charge in [0.05, 0.1) is 15.8 Å². The highest BCUT2D eigenvalue weighted by molar-refractivity contribution is 6.25. The maximum absolute atomic E-state index is 7.32. The first kappa shape index (κ1) is 30.0. The number of hydrogen-bond donors (Lipinski definition) is 0. The van der Waals surface area contributed by atoms with Crippen molar-refractivity contribution in [3.8, 4) is 6.07 Å². The standard InChI is InChI=1S/C31H43Cl2N.C2H3N/c1-3-23-34(24-18-26-12-5-4-6-13-26)25(2)16-17-27-28(30(32)19-7-8-20-30)14-11-15-29(27)31(33)21-9-10-22-31;1-2-3/h4-6,11-15,25H,3,7-10,16-24H2,1-2H3;1H3. The number of benzene rings is 2. The fraction of sp³-hybridized carbons (Fsp3) is 0.606. The van der Waals surface area contributed by atoms with Gasteiger partial charge >= 0.3 is 0 Å². The zero-order valence-electron chi connectivity index (χ0n) is 23.2. The van der Waals surface area contributed by atoms with E-state index in [0.717, 1.165) is 58.0 Å². The molecule has 202 valence electrons. The Morgan fingerprint density at radius 1 is 0.838 bits per heavy atom. The predicted molar refractivity (Wildman–Crippen MR) is 160 cm³/mol. The molecule has 2 aliphatic rings. The molecule has 0 spiro atoms. The largest absolute Gasteiger partial charge is 0.300 e. The summed E-state index contributed by atoms with van der Waals surface area (Å²) in [4.78, 5) is 2.29.